The van der Waals surface area contributed by atoms with Crippen LogP contribution in [0.1, 0.15) is 52.4 Å². The summed E-state index contributed by atoms with van der Waals surface area (Å²) in [6.45, 7) is 5.02. The van der Waals surface area contributed by atoms with Crippen molar-refractivity contribution >= 4 is 0 Å². The van der Waals surface area contributed by atoms with Gasteiger partial charge in [-0.2, -0.15) is 5.26 Å². The van der Waals surface area contributed by atoms with Crippen molar-refractivity contribution in [1.82, 2.24) is 0 Å². The Kier molecular flexibility index (Phi) is 4.76. The molecule has 0 aromatic carbocycles. The zero-order valence-electron chi connectivity index (χ0n) is 10.5. The van der Waals surface area contributed by atoms with E-state index in [4.69, 9.17) is 4.74 Å². The summed E-state index contributed by atoms with van der Waals surface area (Å²) in [5.41, 5.74) is -1.61. The van der Waals surface area contributed by atoms with Gasteiger partial charge >= 0.3 is 0 Å². The molecular weight excluding hydrogens is 202 g/mol. The predicted molar refractivity (Wildman–Crippen MR) is 62.9 cm³/mol. The minimum absolute atomic E-state index is 0.378. The molecule has 1 N–H and O–H groups in total. The van der Waals surface area contributed by atoms with Gasteiger partial charge in [-0.1, -0.05) is 26.2 Å². The van der Waals surface area contributed by atoms with Crippen molar-refractivity contribution in [1.29, 1.82) is 5.26 Å². The summed E-state index contributed by atoms with van der Waals surface area (Å²) in [4.78, 5) is 0. The van der Waals surface area contributed by atoms with Crippen molar-refractivity contribution in [2.24, 2.45) is 5.41 Å². The van der Waals surface area contributed by atoms with Crippen molar-refractivity contribution in [3.63, 3.8) is 0 Å². The summed E-state index contributed by atoms with van der Waals surface area (Å²) >= 11 is 0. The number of ether oxygens (including phenoxy) is 1. The lowest BCUT2D eigenvalue weighted by Gasteiger charge is -2.42. The lowest BCUT2D eigenvalue weighted by Crippen LogP contribution is -2.50. The third-order valence-corrected chi connectivity index (χ3v) is 3.75. The fourth-order valence-electron chi connectivity index (χ4n) is 2.39. The SMILES string of the molecule is CCCCCC(C)(O)C1(C#N)CCCOC1. The molecular formula is C13H23NO2. The second-order valence-corrected chi connectivity index (χ2v) is 5.08. The van der Waals surface area contributed by atoms with Gasteiger partial charge in [0, 0.05) is 6.61 Å². The van der Waals surface area contributed by atoms with Crippen LogP contribution in [-0.4, -0.2) is 23.9 Å². The highest BCUT2D eigenvalue weighted by Crippen LogP contribution is 2.41. The summed E-state index contributed by atoms with van der Waals surface area (Å²) in [5.74, 6) is 0. The number of aliphatic hydroxyl groups is 1. The van der Waals surface area contributed by atoms with Gasteiger partial charge in [-0.15, -0.1) is 0 Å². The monoisotopic (exact) mass is 225 g/mol. The molecule has 3 heteroatoms. The maximum Gasteiger partial charge on any atom is 0.109 e. The standard InChI is InChI=1S/C13H23NO2/c1-3-4-5-7-12(2,15)13(10-14)8-6-9-16-11-13/h15H,3-9,11H2,1-2H3. The van der Waals surface area contributed by atoms with E-state index in [-0.39, 0.29) is 0 Å². The second kappa shape index (κ2) is 5.65. The first-order valence-corrected chi connectivity index (χ1v) is 6.29. The molecule has 0 radical (unpaired) electrons. The molecule has 0 aliphatic carbocycles. The first-order chi connectivity index (χ1) is 7.58. The Morgan fingerprint density at radius 2 is 2.25 bits per heavy atom. The third kappa shape index (κ3) is 2.75. The predicted octanol–water partition coefficient (Wildman–Crippen LogP) is 2.64. The Balaban J connectivity index is 2.65. The average molecular weight is 225 g/mol. The Labute approximate surface area is 98.4 Å². The number of hydrogen-bond donors (Lipinski definition) is 1. The molecule has 1 fully saturated rings. The van der Waals surface area contributed by atoms with Crippen LogP contribution in [0.4, 0.5) is 0 Å². The van der Waals surface area contributed by atoms with Crippen LogP contribution in [0.2, 0.25) is 0 Å². The molecule has 0 aromatic rings. The quantitative estimate of drug-likeness (QED) is 0.732. The van der Waals surface area contributed by atoms with Crippen LogP contribution in [0.25, 0.3) is 0 Å². The molecule has 2 unspecified atom stereocenters. The highest BCUT2D eigenvalue weighted by Gasteiger charge is 2.48. The van der Waals surface area contributed by atoms with Crippen LogP contribution in [0.15, 0.2) is 0 Å². The zero-order chi connectivity index (χ0) is 12.1. The lowest BCUT2D eigenvalue weighted by atomic mass is 9.68. The van der Waals surface area contributed by atoms with Crippen LogP contribution < -0.4 is 0 Å². The minimum atomic E-state index is -0.919. The van der Waals surface area contributed by atoms with Gasteiger partial charge in [0.2, 0.25) is 0 Å². The van der Waals surface area contributed by atoms with Crippen LogP contribution in [0, 0.1) is 16.7 Å². The maximum absolute atomic E-state index is 10.5. The van der Waals surface area contributed by atoms with Gasteiger partial charge in [-0.3, -0.25) is 0 Å². The Hall–Kier alpha value is -0.590. The van der Waals surface area contributed by atoms with Gasteiger partial charge in [0.15, 0.2) is 0 Å². The van der Waals surface area contributed by atoms with Gasteiger partial charge in [-0.25, -0.2) is 0 Å². The summed E-state index contributed by atoms with van der Waals surface area (Å²) < 4.78 is 5.39. The van der Waals surface area contributed by atoms with Gasteiger partial charge in [-0.05, 0) is 26.2 Å². The van der Waals surface area contributed by atoms with Gasteiger partial charge < -0.3 is 9.84 Å². The fraction of sp³-hybridized carbons (Fsp3) is 0.923. The number of hydrogen-bond acceptors (Lipinski definition) is 3. The summed E-state index contributed by atoms with van der Waals surface area (Å²) in [7, 11) is 0. The third-order valence-electron chi connectivity index (χ3n) is 3.75. The van der Waals surface area contributed by atoms with Crippen molar-refractivity contribution in [2.75, 3.05) is 13.2 Å². The van der Waals surface area contributed by atoms with E-state index in [9.17, 15) is 10.4 Å². The summed E-state index contributed by atoms with van der Waals surface area (Å²) in [5, 5.41) is 19.9. The minimum Gasteiger partial charge on any atom is -0.388 e. The Morgan fingerprint density at radius 3 is 2.75 bits per heavy atom. The Morgan fingerprint density at radius 1 is 1.50 bits per heavy atom. The molecule has 0 aromatic heterocycles. The largest absolute Gasteiger partial charge is 0.388 e. The molecule has 1 saturated heterocycles. The number of nitriles is 1. The van der Waals surface area contributed by atoms with Crippen molar-refractivity contribution < 1.29 is 9.84 Å². The van der Waals surface area contributed by atoms with E-state index in [1.807, 2.05) is 0 Å². The van der Waals surface area contributed by atoms with Gasteiger partial charge in [0.25, 0.3) is 0 Å². The molecule has 92 valence electrons. The topological polar surface area (TPSA) is 53.2 Å². The van der Waals surface area contributed by atoms with Crippen LogP contribution in [0.5, 0.6) is 0 Å². The van der Waals surface area contributed by atoms with Crippen LogP contribution in [0.3, 0.4) is 0 Å². The van der Waals surface area contributed by atoms with Crippen molar-refractivity contribution in [3.05, 3.63) is 0 Å². The molecule has 3 nitrogen and oxygen atoms in total. The molecule has 0 saturated carbocycles. The molecule has 1 aliphatic rings. The van der Waals surface area contributed by atoms with E-state index in [2.05, 4.69) is 13.0 Å². The molecule has 0 amide bonds. The summed E-state index contributed by atoms with van der Waals surface area (Å²) in [6, 6.07) is 2.31. The second-order valence-electron chi connectivity index (χ2n) is 5.08. The van der Waals surface area contributed by atoms with E-state index in [0.29, 0.717) is 19.6 Å². The molecule has 1 rings (SSSR count). The molecule has 1 heterocycles. The number of unbranched alkanes of at least 4 members (excludes halogenated alkanes) is 2. The molecule has 16 heavy (non-hydrogen) atoms. The molecule has 0 spiro atoms. The van der Waals surface area contributed by atoms with Crippen LogP contribution >= 0.6 is 0 Å². The van der Waals surface area contributed by atoms with Gasteiger partial charge in [0.05, 0.1) is 18.3 Å². The fourth-order valence-corrected chi connectivity index (χ4v) is 2.39. The van der Waals surface area contributed by atoms with E-state index in [0.717, 1.165) is 32.1 Å². The molecule has 0 bridgehead atoms. The first-order valence-electron chi connectivity index (χ1n) is 6.29. The molecule has 2 atom stereocenters. The van der Waals surface area contributed by atoms with E-state index in [1.54, 1.807) is 6.92 Å². The number of rotatable bonds is 5. The van der Waals surface area contributed by atoms with E-state index < -0.39 is 11.0 Å². The first kappa shape index (κ1) is 13.5. The van der Waals surface area contributed by atoms with E-state index in [1.165, 1.54) is 0 Å². The average Bonchev–Trinajstić information content (AvgIpc) is 2.30. The smallest absolute Gasteiger partial charge is 0.109 e. The van der Waals surface area contributed by atoms with E-state index >= 15 is 0 Å². The van der Waals surface area contributed by atoms with Crippen molar-refractivity contribution in [2.45, 2.75) is 58.0 Å². The molecule has 1 aliphatic heterocycles. The highest BCUT2D eigenvalue weighted by molar-refractivity contribution is 5.10. The van der Waals surface area contributed by atoms with Gasteiger partial charge in [0.1, 0.15) is 5.41 Å². The normalized spacial score (nSPS) is 29.4. The number of nitrogens with zero attached hydrogens (tertiary/aromatic N) is 1. The lowest BCUT2D eigenvalue weighted by molar-refractivity contribution is -0.112. The maximum atomic E-state index is 10.5. The summed E-state index contributed by atoms with van der Waals surface area (Å²) in [6.07, 6.45) is 5.54. The Bertz CT molecular complexity index is 249. The van der Waals surface area contributed by atoms with Crippen LogP contribution in [-0.2, 0) is 4.74 Å². The highest BCUT2D eigenvalue weighted by atomic mass is 16.5. The zero-order valence-corrected chi connectivity index (χ0v) is 10.5. The van der Waals surface area contributed by atoms with Crippen molar-refractivity contribution in [3.8, 4) is 6.07 Å².